The highest BCUT2D eigenvalue weighted by atomic mass is 19.2. The molecule has 0 bridgehead atoms. The van der Waals surface area contributed by atoms with E-state index in [1.165, 1.54) is 0 Å². The van der Waals surface area contributed by atoms with Crippen molar-refractivity contribution in [3.05, 3.63) is 33.9 Å². The maximum absolute atomic E-state index is 13.8. The molecule has 0 fully saturated rings. The van der Waals surface area contributed by atoms with E-state index in [9.17, 15) is 8.78 Å². The molecule has 0 saturated heterocycles. The highest BCUT2D eigenvalue weighted by Crippen LogP contribution is 2.28. The van der Waals surface area contributed by atoms with Gasteiger partial charge in [-0.3, -0.25) is 0 Å². The maximum Gasteiger partial charge on any atom is 0.162 e. The van der Waals surface area contributed by atoms with Crippen LogP contribution in [0.5, 0.6) is 0 Å². The Morgan fingerprint density at radius 3 is 1.00 bits per heavy atom. The largest absolute Gasteiger partial charge is 0.203 e. The summed E-state index contributed by atoms with van der Waals surface area (Å²) in [5.74, 6) is -1.26. The molecule has 16 heavy (non-hydrogen) atoms. The zero-order valence-corrected chi connectivity index (χ0v) is 10.6. The molecule has 0 nitrogen and oxygen atoms in total. The Hall–Kier alpha value is -0.920. The third-order valence-electron chi connectivity index (χ3n) is 3.23. The lowest BCUT2D eigenvalue weighted by Gasteiger charge is -2.18. The minimum atomic E-state index is -0.631. The Morgan fingerprint density at radius 2 is 0.812 bits per heavy atom. The average molecular weight is 226 g/mol. The van der Waals surface area contributed by atoms with Gasteiger partial charge in [-0.2, -0.15) is 0 Å². The monoisotopic (exact) mass is 226 g/mol. The molecule has 0 unspecified atom stereocenters. The normalized spacial score (nSPS) is 10.9. The van der Waals surface area contributed by atoms with E-state index in [-0.39, 0.29) is 0 Å². The van der Waals surface area contributed by atoms with Crippen molar-refractivity contribution in [2.45, 2.75) is 53.4 Å². The zero-order chi connectivity index (χ0) is 12.3. The molecule has 0 radical (unpaired) electrons. The van der Waals surface area contributed by atoms with Gasteiger partial charge in [-0.15, -0.1) is 0 Å². The first kappa shape index (κ1) is 13.1. The summed E-state index contributed by atoms with van der Waals surface area (Å²) in [7, 11) is 0. The van der Waals surface area contributed by atoms with Gasteiger partial charge in [0.1, 0.15) is 0 Å². The van der Waals surface area contributed by atoms with Gasteiger partial charge < -0.3 is 0 Å². The van der Waals surface area contributed by atoms with Gasteiger partial charge in [0.2, 0.25) is 0 Å². The Bertz CT molecular complexity index is 344. The molecular weight excluding hydrogens is 206 g/mol. The minimum absolute atomic E-state index is 0.558. The van der Waals surface area contributed by atoms with E-state index in [2.05, 4.69) is 0 Å². The average Bonchev–Trinajstić information content (AvgIpc) is 2.31. The number of hydrogen-bond acceptors (Lipinski definition) is 0. The second-order valence-corrected chi connectivity index (χ2v) is 3.96. The maximum atomic E-state index is 13.8. The summed E-state index contributed by atoms with van der Waals surface area (Å²) in [5.41, 5.74) is 3.16. The molecule has 90 valence electrons. The number of rotatable bonds is 4. The molecule has 0 aliphatic rings. The van der Waals surface area contributed by atoms with Gasteiger partial charge in [-0.05, 0) is 47.9 Å². The predicted molar refractivity (Wildman–Crippen MR) is 63.9 cm³/mol. The predicted octanol–water partition coefficient (Wildman–Crippen LogP) is 4.21. The summed E-state index contributed by atoms with van der Waals surface area (Å²) in [6.45, 7) is 7.76. The Balaban J connectivity index is 3.61. The zero-order valence-electron chi connectivity index (χ0n) is 10.6. The van der Waals surface area contributed by atoms with Crippen molar-refractivity contribution in [2.75, 3.05) is 0 Å². The minimum Gasteiger partial charge on any atom is -0.203 e. The third kappa shape index (κ3) is 1.98. The summed E-state index contributed by atoms with van der Waals surface area (Å²) in [4.78, 5) is 0. The Kier molecular flexibility index (Phi) is 4.45. The summed E-state index contributed by atoms with van der Waals surface area (Å²) in [6.07, 6.45) is 2.67. The van der Waals surface area contributed by atoms with Crippen LogP contribution in [0.25, 0.3) is 0 Å². The molecule has 1 aromatic carbocycles. The summed E-state index contributed by atoms with van der Waals surface area (Å²) in [6, 6.07) is 0. The fourth-order valence-electron chi connectivity index (χ4n) is 2.48. The smallest absolute Gasteiger partial charge is 0.162 e. The molecule has 0 saturated carbocycles. The second kappa shape index (κ2) is 5.42. The molecular formula is C14H20F2. The van der Waals surface area contributed by atoms with Crippen LogP contribution in [-0.2, 0) is 25.7 Å². The van der Waals surface area contributed by atoms with Gasteiger partial charge in [0.05, 0.1) is 0 Å². The lowest BCUT2D eigenvalue weighted by atomic mass is 9.89. The lowest BCUT2D eigenvalue weighted by Crippen LogP contribution is -2.09. The van der Waals surface area contributed by atoms with Crippen molar-refractivity contribution in [3.63, 3.8) is 0 Å². The van der Waals surface area contributed by atoms with Gasteiger partial charge in [-0.1, -0.05) is 27.7 Å². The van der Waals surface area contributed by atoms with Crippen molar-refractivity contribution in [2.24, 2.45) is 0 Å². The van der Waals surface area contributed by atoms with Crippen LogP contribution in [0.4, 0.5) is 8.78 Å². The molecule has 1 aromatic rings. The van der Waals surface area contributed by atoms with E-state index >= 15 is 0 Å². The van der Waals surface area contributed by atoms with Crippen LogP contribution in [0.2, 0.25) is 0 Å². The second-order valence-electron chi connectivity index (χ2n) is 3.96. The van der Waals surface area contributed by atoms with Crippen LogP contribution in [-0.4, -0.2) is 0 Å². The van der Waals surface area contributed by atoms with E-state index in [1.54, 1.807) is 0 Å². The van der Waals surface area contributed by atoms with Crippen molar-refractivity contribution in [3.8, 4) is 0 Å². The molecule has 0 spiro atoms. The van der Waals surface area contributed by atoms with E-state index in [4.69, 9.17) is 0 Å². The summed E-state index contributed by atoms with van der Waals surface area (Å²) >= 11 is 0. The molecule has 0 amide bonds. The highest BCUT2D eigenvalue weighted by molar-refractivity contribution is 5.43. The van der Waals surface area contributed by atoms with Gasteiger partial charge in [-0.25, -0.2) is 8.78 Å². The van der Waals surface area contributed by atoms with Gasteiger partial charge in [0, 0.05) is 0 Å². The van der Waals surface area contributed by atoms with Crippen molar-refractivity contribution in [1.82, 2.24) is 0 Å². The van der Waals surface area contributed by atoms with Crippen LogP contribution >= 0.6 is 0 Å². The third-order valence-corrected chi connectivity index (χ3v) is 3.23. The first-order valence-electron chi connectivity index (χ1n) is 6.12. The molecule has 0 aromatic heterocycles. The van der Waals surface area contributed by atoms with Gasteiger partial charge in [0.25, 0.3) is 0 Å². The molecule has 0 aliphatic carbocycles. The number of halogens is 2. The quantitative estimate of drug-likeness (QED) is 0.721. The van der Waals surface area contributed by atoms with Crippen molar-refractivity contribution >= 4 is 0 Å². The molecule has 2 heteroatoms. The summed E-state index contributed by atoms with van der Waals surface area (Å²) < 4.78 is 27.7. The van der Waals surface area contributed by atoms with Crippen LogP contribution in [0.15, 0.2) is 0 Å². The SMILES string of the molecule is CCc1c(F)c(F)c(CC)c(CC)c1CC. The van der Waals surface area contributed by atoms with Crippen LogP contribution in [0.1, 0.15) is 49.9 Å². The summed E-state index contributed by atoms with van der Waals surface area (Å²) in [5, 5.41) is 0. The standard InChI is InChI=1S/C14H20F2/c1-5-9-10(6-2)12(8-4)14(16)13(15)11(9)7-3/h5-8H2,1-4H3. The van der Waals surface area contributed by atoms with E-state index in [0.717, 1.165) is 24.0 Å². The molecule has 0 N–H and O–H groups in total. The number of hydrogen-bond donors (Lipinski definition) is 0. The topological polar surface area (TPSA) is 0 Å². The van der Waals surface area contributed by atoms with Crippen LogP contribution in [0.3, 0.4) is 0 Å². The van der Waals surface area contributed by atoms with E-state index < -0.39 is 11.6 Å². The fourth-order valence-corrected chi connectivity index (χ4v) is 2.48. The first-order valence-corrected chi connectivity index (χ1v) is 6.12. The van der Waals surface area contributed by atoms with Gasteiger partial charge >= 0.3 is 0 Å². The molecule has 0 heterocycles. The lowest BCUT2D eigenvalue weighted by molar-refractivity contribution is 0.487. The Morgan fingerprint density at radius 1 is 0.562 bits per heavy atom. The molecule has 0 aliphatic heterocycles. The first-order chi connectivity index (χ1) is 7.62. The van der Waals surface area contributed by atoms with Crippen LogP contribution < -0.4 is 0 Å². The molecule has 1 rings (SSSR count). The van der Waals surface area contributed by atoms with E-state index in [0.29, 0.717) is 24.0 Å². The van der Waals surface area contributed by atoms with Crippen molar-refractivity contribution in [1.29, 1.82) is 0 Å². The Labute approximate surface area is 96.7 Å². The molecule has 0 atom stereocenters. The highest BCUT2D eigenvalue weighted by Gasteiger charge is 2.20. The van der Waals surface area contributed by atoms with Crippen molar-refractivity contribution < 1.29 is 8.78 Å². The van der Waals surface area contributed by atoms with E-state index in [1.807, 2.05) is 27.7 Å². The number of benzene rings is 1. The van der Waals surface area contributed by atoms with Crippen LogP contribution in [0, 0.1) is 11.6 Å². The van der Waals surface area contributed by atoms with Gasteiger partial charge in [0.15, 0.2) is 11.6 Å². The fraction of sp³-hybridized carbons (Fsp3) is 0.571.